The molecule has 1 unspecified atom stereocenters. The van der Waals surface area contributed by atoms with Crippen LogP contribution in [0.2, 0.25) is 0 Å². The summed E-state index contributed by atoms with van der Waals surface area (Å²) in [5.74, 6) is 0.990. The maximum Gasteiger partial charge on any atom is 0.266 e. The van der Waals surface area contributed by atoms with Crippen molar-refractivity contribution in [2.24, 2.45) is 5.92 Å². The Morgan fingerprint density at radius 3 is 2.78 bits per heavy atom. The van der Waals surface area contributed by atoms with Crippen molar-refractivity contribution in [2.45, 2.75) is 26.5 Å². The molecule has 1 aliphatic heterocycles. The van der Waals surface area contributed by atoms with Gasteiger partial charge in [-0.05, 0) is 26.0 Å². The molecule has 0 amide bonds. The Bertz CT molecular complexity index is 974. The minimum Gasteiger partial charge on any atom is -0.385 e. The van der Waals surface area contributed by atoms with Gasteiger partial charge in [0, 0.05) is 42.7 Å². The number of aliphatic hydroxyl groups excluding tert-OH is 1. The van der Waals surface area contributed by atoms with E-state index in [-0.39, 0.29) is 5.56 Å². The molecule has 3 aromatic rings. The van der Waals surface area contributed by atoms with E-state index in [0.717, 1.165) is 30.2 Å². The first-order valence-electron chi connectivity index (χ1n) is 8.90. The van der Waals surface area contributed by atoms with Gasteiger partial charge in [0.25, 0.3) is 5.56 Å². The molecule has 3 aromatic heterocycles. The highest BCUT2D eigenvalue weighted by Crippen LogP contribution is 2.22. The van der Waals surface area contributed by atoms with Gasteiger partial charge >= 0.3 is 0 Å². The zero-order valence-electron chi connectivity index (χ0n) is 15.3. The number of rotatable bonds is 6. The standard InChI is InChI=1S/C18H22N6O2S/c1-12-5-13(2)24(20-12)17-3-4-18(26)23(21-17)8-14-6-22(7-14)9-16(25)15-10-27-11-19-15/h3-5,10-11,14,16,25H,6-9H2,1-2H3. The van der Waals surface area contributed by atoms with Gasteiger partial charge in [-0.15, -0.1) is 16.4 Å². The highest BCUT2D eigenvalue weighted by molar-refractivity contribution is 7.07. The molecule has 0 aliphatic carbocycles. The van der Waals surface area contributed by atoms with Crippen molar-refractivity contribution in [3.8, 4) is 5.82 Å². The SMILES string of the molecule is Cc1cc(C)n(-c2ccc(=O)n(CC3CN(CC(O)c4cscn4)C3)n2)n1. The summed E-state index contributed by atoms with van der Waals surface area (Å²) in [7, 11) is 0. The molecule has 27 heavy (non-hydrogen) atoms. The summed E-state index contributed by atoms with van der Waals surface area (Å²) in [6.45, 7) is 6.69. The summed E-state index contributed by atoms with van der Waals surface area (Å²) in [6, 6.07) is 5.23. The molecule has 1 N–H and O–H groups in total. The average Bonchev–Trinajstić information content (AvgIpc) is 3.24. The van der Waals surface area contributed by atoms with Gasteiger partial charge in [-0.3, -0.25) is 9.69 Å². The molecular formula is C18H22N6O2S. The smallest absolute Gasteiger partial charge is 0.266 e. The Hall–Kier alpha value is -2.36. The Morgan fingerprint density at radius 2 is 2.11 bits per heavy atom. The lowest BCUT2D eigenvalue weighted by Gasteiger charge is -2.40. The number of aryl methyl sites for hydroxylation is 2. The molecule has 8 nitrogen and oxygen atoms in total. The van der Waals surface area contributed by atoms with Crippen LogP contribution < -0.4 is 5.56 Å². The Kier molecular flexibility index (Phi) is 4.90. The molecule has 1 aliphatic rings. The van der Waals surface area contributed by atoms with E-state index in [2.05, 4.69) is 20.1 Å². The fourth-order valence-corrected chi connectivity index (χ4v) is 4.05. The monoisotopic (exact) mass is 386 g/mol. The fraction of sp³-hybridized carbons (Fsp3) is 0.444. The van der Waals surface area contributed by atoms with Gasteiger partial charge in [-0.25, -0.2) is 14.3 Å². The fourth-order valence-electron chi connectivity index (χ4n) is 3.45. The van der Waals surface area contributed by atoms with E-state index in [9.17, 15) is 9.90 Å². The van der Waals surface area contributed by atoms with Crippen molar-refractivity contribution in [3.05, 3.63) is 56.5 Å². The van der Waals surface area contributed by atoms with Crippen molar-refractivity contribution < 1.29 is 5.11 Å². The maximum absolute atomic E-state index is 12.2. The third kappa shape index (κ3) is 3.85. The van der Waals surface area contributed by atoms with Crippen LogP contribution in [0.25, 0.3) is 5.82 Å². The van der Waals surface area contributed by atoms with E-state index in [1.807, 2.05) is 25.3 Å². The topological polar surface area (TPSA) is 89.1 Å². The van der Waals surface area contributed by atoms with Crippen LogP contribution in [-0.2, 0) is 6.54 Å². The molecule has 0 spiro atoms. The predicted molar refractivity (Wildman–Crippen MR) is 102 cm³/mol. The number of nitrogens with zero attached hydrogens (tertiary/aromatic N) is 6. The Balaban J connectivity index is 1.38. The van der Waals surface area contributed by atoms with Crippen LogP contribution in [0.3, 0.4) is 0 Å². The molecule has 0 saturated carbocycles. The summed E-state index contributed by atoms with van der Waals surface area (Å²) < 4.78 is 3.27. The summed E-state index contributed by atoms with van der Waals surface area (Å²) in [6.07, 6.45) is -0.563. The van der Waals surface area contributed by atoms with Crippen molar-refractivity contribution >= 4 is 11.3 Å². The summed E-state index contributed by atoms with van der Waals surface area (Å²) in [4.78, 5) is 18.5. The third-order valence-electron chi connectivity index (χ3n) is 4.77. The lowest BCUT2D eigenvalue weighted by molar-refractivity contribution is 0.0300. The highest BCUT2D eigenvalue weighted by Gasteiger charge is 2.29. The number of hydrogen-bond donors (Lipinski definition) is 1. The van der Waals surface area contributed by atoms with Gasteiger partial charge in [0.2, 0.25) is 0 Å². The minimum atomic E-state index is -0.563. The number of thiazole rings is 1. The molecule has 4 rings (SSSR count). The molecule has 0 aromatic carbocycles. The number of aliphatic hydroxyl groups is 1. The molecule has 0 radical (unpaired) electrons. The van der Waals surface area contributed by atoms with Gasteiger partial charge in [-0.2, -0.15) is 5.10 Å². The van der Waals surface area contributed by atoms with Crippen LogP contribution in [0.15, 0.2) is 33.9 Å². The Morgan fingerprint density at radius 1 is 1.30 bits per heavy atom. The highest BCUT2D eigenvalue weighted by atomic mass is 32.1. The second kappa shape index (κ2) is 7.34. The van der Waals surface area contributed by atoms with Crippen LogP contribution >= 0.6 is 11.3 Å². The summed E-state index contributed by atoms with van der Waals surface area (Å²) >= 11 is 1.48. The largest absolute Gasteiger partial charge is 0.385 e. The average molecular weight is 386 g/mol. The normalized spacial score (nSPS) is 16.4. The van der Waals surface area contributed by atoms with Crippen LogP contribution in [-0.4, -0.2) is 54.2 Å². The first kappa shape index (κ1) is 18.0. The zero-order valence-corrected chi connectivity index (χ0v) is 16.1. The second-order valence-electron chi connectivity index (χ2n) is 7.06. The molecule has 1 fully saturated rings. The summed E-state index contributed by atoms with van der Waals surface area (Å²) in [5.41, 5.74) is 4.24. The number of hydrogen-bond acceptors (Lipinski definition) is 7. The molecule has 1 atom stereocenters. The zero-order chi connectivity index (χ0) is 19.0. The minimum absolute atomic E-state index is 0.110. The van der Waals surface area contributed by atoms with Crippen LogP contribution in [0.5, 0.6) is 0 Å². The number of β-amino-alcohol motifs (C(OH)–C–C–N with tert-alkyl or cyclic N) is 1. The summed E-state index contributed by atoms with van der Waals surface area (Å²) in [5, 5.41) is 21.0. The van der Waals surface area contributed by atoms with Crippen LogP contribution in [0.1, 0.15) is 23.2 Å². The van der Waals surface area contributed by atoms with Gasteiger partial charge in [0.15, 0.2) is 5.82 Å². The molecule has 1 saturated heterocycles. The second-order valence-corrected chi connectivity index (χ2v) is 7.78. The van der Waals surface area contributed by atoms with Crippen LogP contribution in [0, 0.1) is 19.8 Å². The van der Waals surface area contributed by atoms with Crippen molar-refractivity contribution in [2.75, 3.05) is 19.6 Å². The quantitative estimate of drug-likeness (QED) is 0.684. The van der Waals surface area contributed by atoms with E-state index >= 15 is 0 Å². The molecule has 4 heterocycles. The van der Waals surface area contributed by atoms with Gasteiger partial charge in [0.1, 0.15) is 6.10 Å². The molecule has 0 bridgehead atoms. The van der Waals surface area contributed by atoms with Gasteiger partial charge < -0.3 is 5.11 Å². The van der Waals surface area contributed by atoms with E-state index in [0.29, 0.717) is 24.8 Å². The van der Waals surface area contributed by atoms with E-state index in [1.54, 1.807) is 22.3 Å². The van der Waals surface area contributed by atoms with Crippen molar-refractivity contribution in [1.82, 2.24) is 29.4 Å². The first-order chi connectivity index (χ1) is 13.0. The third-order valence-corrected chi connectivity index (χ3v) is 5.37. The molecule has 142 valence electrons. The lowest BCUT2D eigenvalue weighted by Crippen LogP contribution is -2.50. The number of likely N-dealkylation sites (tertiary alicyclic amines) is 1. The lowest BCUT2D eigenvalue weighted by atomic mass is 9.99. The maximum atomic E-state index is 12.2. The first-order valence-corrected chi connectivity index (χ1v) is 9.84. The molecule has 9 heteroatoms. The van der Waals surface area contributed by atoms with E-state index < -0.39 is 6.10 Å². The van der Waals surface area contributed by atoms with Crippen LogP contribution in [0.4, 0.5) is 0 Å². The van der Waals surface area contributed by atoms with E-state index in [4.69, 9.17) is 0 Å². The van der Waals surface area contributed by atoms with Gasteiger partial charge in [-0.1, -0.05) is 0 Å². The Labute approximate surface area is 160 Å². The van der Waals surface area contributed by atoms with E-state index in [1.165, 1.54) is 16.0 Å². The molecular weight excluding hydrogens is 364 g/mol. The van der Waals surface area contributed by atoms with Crippen molar-refractivity contribution in [3.63, 3.8) is 0 Å². The van der Waals surface area contributed by atoms with Crippen molar-refractivity contribution in [1.29, 1.82) is 0 Å². The van der Waals surface area contributed by atoms with Gasteiger partial charge in [0.05, 0.1) is 23.4 Å². The number of aromatic nitrogens is 5. The predicted octanol–water partition coefficient (Wildman–Crippen LogP) is 1.17.